The molecule has 0 atom stereocenters. The maximum atomic E-state index is 6.71. The van der Waals surface area contributed by atoms with Crippen molar-refractivity contribution < 1.29 is 4.74 Å². The molecule has 0 bridgehead atoms. The molecule has 1 spiro atoms. The summed E-state index contributed by atoms with van der Waals surface area (Å²) in [5.74, 6) is 3.57. The third-order valence-electron chi connectivity index (χ3n) is 12.4. The van der Waals surface area contributed by atoms with Crippen LogP contribution < -0.4 is 4.74 Å². The fraction of sp³-hybridized carbons (Fsp3) is 0.0172. The van der Waals surface area contributed by atoms with Crippen molar-refractivity contribution in [3.8, 4) is 90.2 Å². The van der Waals surface area contributed by atoms with Gasteiger partial charge in [0.2, 0.25) is 0 Å². The van der Waals surface area contributed by atoms with E-state index in [4.69, 9.17) is 19.7 Å². The molecule has 0 radical (unpaired) electrons. The molecule has 10 aromatic rings. The summed E-state index contributed by atoms with van der Waals surface area (Å²) in [6, 6.07) is 79.3. The zero-order chi connectivity index (χ0) is 41.0. The molecule has 2 aliphatic rings. The van der Waals surface area contributed by atoms with E-state index < -0.39 is 5.41 Å². The van der Waals surface area contributed by atoms with Gasteiger partial charge in [-0.1, -0.05) is 188 Å². The minimum absolute atomic E-state index is 0.619. The van der Waals surface area contributed by atoms with Crippen molar-refractivity contribution in [2.75, 3.05) is 0 Å². The van der Waals surface area contributed by atoms with Crippen LogP contribution in [0.3, 0.4) is 0 Å². The third kappa shape index (κ3) is 5.72. The molecule has 1 aliphatic carbocycles. The standard InChI is InChI=1S/C58H37N3O/c1-5-18-38(19-6-1)43-34-44(39-20-7-2-8-21-39)36-45(35-43)42-32-33-48-47(37-42)54-46(57-60-55(40-22-9-3-10-23-40)59-56(61-57)41-24-11-4-12-25-41)26-17-29-51(54)58(48)49-27-13-15-30-52(49)62-53-31-16-14-28-50(53)58/h1-37H. The third-order valence-corrected chi connectivity index (χ3v) is 12.4. The molecule has 0 saturated heterocycles. The quantitative estimate of drug-likeness (QED) is 0.168. The number of nitrogens with zero attached hydrogens (tertiary/aromatic N) is 3. The van der Waals surface area contributed by atoms with E-state index in [1.165, 1.54) is 27.8 Å². The molecule has 0 saturated carbocycles. The molecule has 62 heavy (non-hydrogen) atoms. The Bertz CT molecular complexity index is 3150. The maximum Gasteiger partial charge on any atom is 0.164 e. The Morgan fingerprint density at radius 3 is 1.24 bits per heavy atom. The highest BCUT2D eigenvalue weighted by atomic mass is 16.5. The van der Waals surface area contributed by atoms with Crippen LogP contribution in [0.1, 0.15) is 22.3 Å². The van der Waals surface area contributed by atoms with Crippen LogP contribution in [0.5, 0.6) is 11.5 Å². The van der Waals surface area contributed by atoms with E-state index in [-0.39, 0.29) is 0 Å². The molecule has 4 nitrogen and oxygen atoms in total. The Morgan fingerprint density at radius 2 is 0.710 bits per heavy atom. The van der Waals surface area contributed by atoms with Gasteiger partial charge in [-0.3, -0.25) is 0 Å². The molecular weight excluding hydrogens is 755 g/mol. The van der Waals surface area contributed by atoms with Crippen molar-refractivity contribution in [2.45, 2.75) is 5.41 Å². The molecule has 0 N–H and O–H groups in total. The van der Waals surface area contributed by atoms with Gasteiger partial charge in [0, 0.05) is 27.8 Å². The van der Waals surface area contributed by atoms with Gasteiger partial charge in [-0.2, -0.15) is 0 Å². The number of ether oxygens (including phenoxy) is 1. The summed E-state index contributed by atoms with van der Waals surface area (Å²) >= 11 is 0. The Morgan fingerprint density at radius 1 is 0.274 bits per heavy atom. The monoisotopic (exact) mass is 791 g/mol. The minimum atomic E-state index is -0.677. The molecule has 9 aromatic carbocycles. The molecule has 0 unspecified atom stereocenters. The summed E-state index contributed by atoms with van der Waals surface area (Å²) in [6.45, 7) is 0. The van der Waals surface area contributed by atoms with Gasteiger partial charge in [0.05, 0.1) is 5.41 Å². The molecule has 12 rings (SSSR count). The van der Waals surface area contributed by atoms with Crippen LogP contribution in [0.25, 0.3) is 78.7 Å². The number of hydrogen-bond acceptors (Lipinski definition) is 4. The van der Waals surface area contributed by atoms with E-state index >= 15 is 0 Å². The Balaban J connectivity index is 1.16. The highest BCUT2D eigenvalue weighted by Crippen LogP contribution is 2.63. The smallest absolute Gasteiger partial charge is 0.164 e. The number of rotatable bonds is 6. The highest BCUT2D eigenvalue weighted by molar-refractivity contribution is 5.97. The highest BCUT2D eigenvalue weighted by Gasteiger charge is 2.52. The normalized spacial score (nSPS) is 12.8. The van der Waals surface area contributed by atoms with Crippen LogP contribution in [0.2, 0.25) is 0 Å². The fourth-order valence-corrected chi connectivity index (χ4v) is 9.64. The van der Waals surface area contributed by atoms with Gasteiger partial charge in [-0.25, -0.2) is 15.0 Å². The summed E-state index contributed by atoms with van der Waals surface area (Å²) < 4.78 is 6.71. The molecular formula is C58H37N3O. The van der Waals surface area contributed by atoms with Crippen LogP contribution >= 0.6 is 0 Å². The summed E-state index contributed by atoms with van der Waals surface area (Å²) in [7, 11) is 0. The SMILES string of the molecule is c1ccc(-c2cc(-c3ccccc3)cc(-c3ccc4c(c3)-c3c(-c5nc(-c6ccccc6)nc(-c6ccccc6)n5)cccc3C43c4ccccc4Oc4ccccc43)c2)cc1. The average molecular weight is 792 g/mol. The van der Waals surface area contributed by atoms with E-state index in [2.05, 4.69) is 188 Å². The number of fused-ring (bicyclic) bond motifs is 9. The Labute approximate surface area is 360 Å². The maximum absolute atomic E-state index is 6.71. The zero-order valence-electron chi connectivity index (χ0n) is 33.6. The molecule has 1 aliphatic heterocycles. The lowest BCUT2D eigenvalue weighted by molar-refractivity contribution is 0.436. The lowest BCUT2D eigenvalue weighted by Crippen LogP contribution is -2.32. The molecule has 0 amide bonds. The van der Waals surface area contributed by atoms with Crippen molar-refractivity contribution in [3.05, 3.63) is 247 Å². The Kier molecular flexibility index (Phi) is 8.36. The van der Waals surface area contributed by atoms with Crippen LogP contribution in [-0.2, 0) is 5.41 Å². The second-order valence-corrected chi connectivity index (χ2v) is 15.9. The lowest BCUT2D eigenvalue weighted by Gasteiger charge is -2.39. The first-order valence-electron chi connectivity index (χ1n) is 21.0. The van der Waals surface area contributed by atoms with Crippen LogP contribution in [-0.4, -0.2) is 15.0 Å². The van der Waals surface area contributed by atoms with Crippen LogP contribution in [0.4, 0.5) is 0 Å². The topological polar surface area (TPSA) is 47.9 Å². The van der Waals surface area contributed by atoms with Gasteiger partial charge in [0.25, 0.3) is 0 Å². The largest absolute Gasteiger partial charge is 0.457 e. The number of aromatic nitrogens is 3. The zero-order valence-corrected chi connectivity index (χ0v) is 33.6. The molecule has 2 heterocycles. The number of para-hydroxylation sites is 2. The summed E-state index contributed by atoms with van der Waals surface area (Å²) in [5.41, 5.74) is 15.9. The lowest BCUT2D eigenvalue weighted by atomic mass is 9.66. The van der Waals surface area contributed by atoms with E-state index in [0.29, 0.717) is 17.5 Å². The summed E-state index contributed by atoms with van der Waals surface area (Å²) in [6.07, 6.45) is 0. The van der Waals surface area contributed by atoms with E-state index in [1.807, 2.05) is 36.4 Å². The number of benzene rings is 9. The molecule has 1 aromatic heterocycles. The average Bonchev–Trinajstić information content (AvgIpc) is 3.65. The second kappa shape index (κ2) is 14.5. The van der Waals surface area contributed by atoms with E-state index in [1.54, 1.807) is 0 Å². The van der Waals surface area contributed by atoms with Gasteiger partial charge >= 0.3 is 0 Å². The van der Waals surface area contributed by atoms with Gasteiger partial charge in [0.1, 0.15) is 11.5 Å². The second-order valence-electron chi connectivity index (χ2n) is 15.9. The van der Waals surface area contributed by atoms with Crippen molar-refractivity contribution in [3.63, 3.8) is 0 Å². The first kappa shape index (κ1) is 35.7. The minimum Gasteiger partial charge on any atom is -0.457 e. The molecule has 4 heteroatoms. The van der Waals surface area contributed by atoms with Crippen molar-refractivity contribution in [1.29, 1.82) is 0 Å². The first-order chi connectivity index (χ1) is 30.7. The van der Waals surface area contributed by atoms with Gasteiger partial charge in [0.15, 0.2) is 17.5 Å². The first-order valence-corrected chi connectivity index (χ1v) is 21.0. The van der Waals surface area contributed by atoms with E-state index in [9.17, 15) is 0 Å². The van der Waals surface area contributed by atoms with Crippen LogP contribution in [0.15, 0.2) is 224 Å². The van der Waals surface area contributed by atoms with Gasteiger partial charge in [-0.15, -0.1) is 0 Å². The van der Waals surface area contributed by atoms with Crippen molar-refractivity contribution in [1.82, 2.24) is 15.0 Å². The van der Waals surface area contributed by atoms with E-state index in [0.717, 1.165) is 67.1 Å². The number of hydrogen-bond donors (Lipinski definition) is 0. The summed E-state index contributed by atoms with van der Waals surface area (Å²) in [4.78, 5) is 15.7. The predicted molar refractivity (Wildman–Crippen MR) is 250 cm³/mol. The van der Waals surface area contributed by atoms with Crippen molar-refractivity contribution in [2.24, 2.45) is 0 Å². The summed E-state index contributed by atoms with van der Waals surface area (Å²) in [5, 5.41) is 0. The molecule has 0 fully saturated rings. The molecule has 290 valence electrons. The van der Waals surface area contributed by atoms with Crippen molar-refractivity contribution >= 4 is 0 Å². The Hall–Kier alpha value is -8.21. The predicted octanol–water partition coefficient (Wildman–Crippen LogP) is 14.3. The van der Waals surface area contributed by atoms with Crippen LogP contribution in [0, 0.1) is 0 Å². The van der Waals surface area contributed by atoms with Gasteiger partial charge < -0.3 is 4.74 Å². The van der Waals surface area contributed by atoms with Gasteiger partial charge in [-0.05, 0) is 92.0 Å². The fourth-order valence-electron chi connectivity index (χ4n) is 9.64.